The molecule has 0 saturated heterocycles. The Balaban J connectivity index is 1.83. The van der Waals surface area contributed by atoms with E-state index in [1.54, 1.807) is 24.3 Å². The molecular formula is C20H19ClN2O3S. The molecule has 0 saturated carbocycles. The van der Waals surface area contributed by atoms with Crippen molar-refractivity contribution in [2.75, 3.05) is 18.1 Å². The molecule has 0 fully saturated rings. The number of hydrogen-bond donors (Lipinski definition) is 0. The summed E-state index contributed by atoms with van der Waals surface area (Å²) in [6, 6.07) is 12.5. The van der Waals surface area contributed by atoms with Crippen molar-refractivity contribution in [1.29, 1.82) is 0 Å². The zero-order chi connectivity index (χ0) is 19.4. The minimum atomic E-state index is -0.237. The number of rotatable bonds is 7. The van der Waals surface area contributed by atoms with Crippen LogP contribution in [0.15, 0.2) is 47.5 Å². The molecule has 3 rings (SSSR count). The molecule has 5 nitrogen and oxygen atoms in total. The molecule has 27 heavy (non-hydrogen) atoms. The highest BCUT2D eigenvalue weighted by Gasteiger charge is 2.32. The Hall–Kier alpha value is -2.44. The molecule has 0 aromatic heterocycles. The SMILES string of the molecule is CCOc1ccc(CC2=NC(=S)N(c3ccc(Cl)cc3)C2=O)c(OCC)c1. The van der Waals surface area contributed by atoms with Crippen molar-refractivity contribution in [3.05, 3.63) is 53.1 Å². The number of ether oxygens (including phenoxy) is 2. The fourth-order valence-corrected chi connectivity index (χ4v) is 3.19. The maximum atomic E-state index is 12.9. The topological polar surface area (TPSA) is 51.1 Å². The summed E-state index contributed by atoms with van der Waals surface area (Å²) in [7, 11) is 0. The second-order valence-electron chi connectivity index (χ2n) is 5.77. The van der Waals surface area contributed by atoms with Crippen LogP contribution < -0.4 is 14.4 Å². The minimum absolute atomic E-state index is 0.223. The summed E-state index contributed by atoms with van der Waals surface area (Å²) < 4.78 is 11.2. The van der Waals surface area contributed by atoms with Gasteiger partial charge in [-0.2, -0.15) is 0 Å². The summed E-state index contributed by atoms with van der Waals surface area (Å²) in [5.74, 6) is 1.16. The van der Waals surface area contributed by atoms with Gasteiger partial charge in [-0.25, -0.2) is 4.99 Å². The van der Waals surface area contributed by atoms with E-state index in [4.69, 9.17) is 33.3 Å². The van der Waals surface area contributed by atoms with Crippen molar-refractivity contribution in [1.82, 2.24) is 0 Å². The summed E-state index contributed by atoms with van der Waals surface area (Å²) in [6.45, 7) is 4.91. The van der Waals surface area contributed by atoms with Crippen LogP contribution in [0.25, 0.3) is 0 Å². The number of hydrogen-bond acceptors (Lipinski definition) is 4. The average Bonchev–Trinajstić information content (AvgIpc) is 2.92. The van der Waals surface area contributed by atoms with Crippen molar-refractivity contribution in [3.8, 4) is 11.5 Å². The maximum Gasteiger partial charge on any atom is 0.279 e. The molecule has 0 atom stereocenters. The average molecular weight is 403 g/mol. The molecule has 0 N–H and O–H groups in total. The predicted molar refractivity (Wildman–Crippen MR) is 111 cm³/mol. The quantitative estimate of drug-likeness (QED) is 0.642. The van der Waals surface area contributed by atoms with Crippen LogP contribution in [-0.4, -0.2) is 29.9 Å². The van der Waals surface area contributed by atoms with Crippen molar-refractivity contribution in [2.45, 2.75) is 20.3 Å². The van der Waals surface area contributed by atoms with Gasteiger partial charge in [-0.3, -0.25) is 9.69 Å². The minimum Gasteiger partial charge on any atom is -0.494 e. The van der Waals surface area contributed by atoms with E-state index in [2.05, 4.69) is 4.99 Å². The smallest absolute Gasteiger partial charge is 0.279 e. The summed E-state index contributed by atoms with van der Waals surface area (Å²) in [5.41, 5.74) is 1.87. The number of benzene rings is 2. The number of thiocarbonyl (C=S) groups is 1. The molecule has 0 radical (unpaired) electrons. The van der Waals surface area contributed by atoms with Crippen molar-refractivity contribution < 1.29 is 14.3 Å². The van der Waals surface area contributed by atoms with Gasteiger partial charge in [0.25, 0.3) is 5.91 Å². The zero-order valence-electron chi connectivity index (χ0n) is 15.1. The number of anilines is 1. The van der Waals surface area contributed by atoms with Gasteiger partial charge >= 0.3 is 0 Å². The highest BCUT2D eigenvalue weighted by molar-refractivity contribution is 7.80. The third-order valence-electron chi connectivity index (χ3n) is 3.96. The van der Waals surface area contributed by atoms with Crippen LogP contribution >= 0.6 is 23.8 Å². The molecule has 1 aliphatic heterocycles. The van der Waals surface area contributed by atoms with Gasteiger partial charge in [-0.15, -0.1) is 0 Å². The lowest BCUT2D eigenvalue weighted by Gasteiger charge is -2.15. The van der Waals surface area contributed by atoms with Gasteiger partial charge in [-0.1, -0.05) is 17.7 Å². The van der Waals surface area contributed by atoms with Crippen molar-refractivity contribution in [3.63, 3.8) is 0 Å². The first kappa shape index (κ1) is 19.3. The second kappa shape index (κ2) is 8.50. The first-order valence-electron chi connectivity index (χ1n) is 8.63. The lowest BCUT2D eigenvalue weighted by atomic mass is 10.1. The van der Waals surface area contributed by atoms with E-state index in [9.17, 15) is 4.79 Å². The molecule has 2 aromatic carbocycles. The zero-order valence-corrected chi connectivity index (χ0v) is 16.6. The van der Waals surface area contributed by atoms with E-state index in [0.717, 1.165) is 11.3 Å². The molecule has 0 unspecified atom stereocenters. The summed E-state index contributed by atoms with van der Waals surface area (Å²) in [5, 5.41) is 0.814. The molecular weight excluding hydrogens is 384 g/mol. The van der Waals surface area contributed by atoms with Gasteiger partial charge in [-0.05, 0) is 56.4 Å². The summed E-state index contributed by atoms with van der Waals surface area (Å²) in [6.07, 6.45) is 0.324. The normalized spacial score (nSPS) is 13.7. The number of amides is 1. The first-order chi connectivity index (χ1) is 13.0. The monoisotopic (exact) mass is 402 g/mol. The Labute approximate surface area is 168 Å². The number of nitrogens with zero attached hydrogens (tertiary/aromatic N) is 2. The van der Waals surface area contributed by atoms with Crippen LogP contribution in [0.3, 0.4) is 0 Å². The summed E-state index contributed by atoms with van der Waals surface area (Å²) in [4.78, 5) is 18.6. The highest BCUT2D eigenvalue weighted by atomic mass is 35.5. The first-order valence-corrected chi connectivity index (χ1v) is 9.42. The largest absolute Gasteiger partial charge is 0.494 e. The lowest BCUT2D eigenvalue weighted by Crippen LogP contribution is -2.33. The predicted octanol–water partition coefficient (Wildman–Crippen LogP) is 4.45. The van der Waals surface area contributed by atoms with Gasteiger partial charge in [0, 0.05) is 23.1 Å². The Morgan fingerprint density at radius 2 is 1.78 bits per heavy atom. The number of aliphatic imine (C=N–C) groups is 1. The van der Waals surface area contributed by atoms with E-state index >= 15 is 0 Å². The van der Waals surface area contributed by atoms with Gasteiger partial charge in [0.2, 0.25) is 5.11 Å². The fourth-order valence-electron chi connectivity index (χ4n) is 2.77. The Morgan fingerprint density at radius 1 is 1.07 bits per heavy atom. The van der Waals surface area contributed by atoms with E-state index in [0.29, 0.717) is 41.8 Å². The van der Waals surface area contributed by atoms with Gasteiger partial charge < -0.3 is 9.47 Å². The van der Waals surface area contributed by atoms with Gasteiger partial charge in [0.15, 0.2) is 0 Å². The summed E-state index contributed by atoms with van der Waals surface area (Å²) >= 11 is 11.2. The standard InChI is InChI=1S/C20H19ClN2O3S/c1-3-25-16-10-5-13(18(12-16)26-4-2)11-17-19(24)23(20(27)22-17)15-8-6-14(21)7-9-15/h5-10,12H,3-4,11H2,1-2H3. The van der Waals surface area contributed by atoms with E-state index in [-0.39, 0.29) is 11.0 Å². The Bertz CT molecular complexity index is 897. The Kier molecular flexibility index (Phi) is 6.08. The Morgan fingerprint density at radius 3 is 2.44 bits per heavy atom. The molecule has 0 bridgehead atoms. The van der Waals surface area contributed by atoms with Crippen LogP contribution in [0.4, 0.5) is 5.69 Å². The molecule has 140 valence electrons. The van der Waals surface area contributed by atoms with Crippen LogP contribution in [0.5, 0.6) is 11.5 Å². The second-order valence-corrected chi connectivity index (χ2v) is 6.57. The van der Waals surface area contributed by atoms with Gasteiger partial charge in [0.1, 0.15) is 17.2 Å². The van der Waals surface area contributed by atoms with Crippen molar-refractivity contribution >= 4 is 46.2 Å². The third kappa shape index (κ3) is 4.28. The highest BCUT2D eigenvalue weighted by Crippen LogP contribution is 2.28. The number of carbonyl (C=O) groups excluding carboxylic acids is 1. The van der Waals surface area contributed by atoms with Crippen molar-refractivity contribution in [2.24, 2.45) is 4.99 Å². The van der Waals surface area contributed by atoms with Crippen LogP contribution in [-0.2, 0) is 11.2 Å². The molecule has 0 spiro atoms. The maximum absolute atomic E-state index is 12.9. The van der Waals surface area contributed by atoms with Crippen LogP contribution in [0, 0.1) is 0 Å². The van der Waals surface area contributed by atoms with E-state index in [1.165, 1.54) is 4.90 Å². The third-order valence-corrected chi connectivity index (χ3v) is 4.49. The molecule has 0 aliphatic carbocycles. The van der Waals surface area contributed by atoms with Gasteiger partial charge in [0.05, 0.1) is 18.9 Å². The molecule has 7 heteroatoms. The molecule has 1 amide bonds. The van der Waals surface area contributed by atoms with E-state index in [1.807, 2.05) is 32.0 Å². The number of halogens is 1. The molecule has 1 aliphatic rings. The molecule has 1 heterocycles. The molecule has 2 aromatic rings. The van der Waals surface area contributed by atoms with Crippen LogP contribution in [0.2, 0.25) is 5.02 Å². The van der Waals surface area contributed by atoms with E-state index < -0.39 is 0 Å². The van der Waals surface area contributed by atoms with Crippen LogP contribution in [0.1, 0.15) is 19.4 Å². The fraction of sp³-hybridized carbons (Fsp3) is 0.250. The number of carbonyl (C=O) groups is 1. The lowest BCUT2D eigenvalue weighted by molar-refractivity contribution is -0.111.